The molecule has 2 rings (SSSR count). The number of fused-ring (bicyclic) bond motifs is 1. The molecule has 1 aromatic carbocycles. The van der Waals surface area contributed by atoms with Gasteiger partial charge in [-0.15, -0.1) is 0 Å². The number of amides is 1. The molecule has 0 aliphatic carbocycles. The second kappa shape index (κ2) is 5.60. The first-order valence-corrected chi connectivity index (χ1v) is 5.95. The monoisotopic (exact) mass is 243 g/mol. The van der Waals surface area contributed by atoms with Crippen LogP contribution in [0.3, 0.4) is 0 Å². The van der Waals surface area contributed by atoms with Crippen LogP contribution < -0.4 is 5.32 Å². The van der Waals surface area contributed by atoms with Gasteiger partial charge in [0.2, 0.25) is 0 Å². The van der Waals surface area contributed by atoms with Crippen molar-refractivity contribution in [2.24, 2.45) is 0 Å². The van der Waals surface area contributed by atoms with Gasteiger partial charge < -0.3 is 10.2 Å². The summed E-state index contributed by atoms with van der Waals surface area (Å²) in [6.07, 6.45) is 0. The zero-order valence-electron chi connectivity index (χ0n) is 10.7. The van der Waals surface area contributed by atoms with Crippen molar-refractivity contribution < 1.29 is 4.79 Å². The normalized spacial score (nSPS) is 10.8. The molecule has 2 aromatic rings. The molecule has 4 heteroatoms. The van der Waals surface area contributed by atoms with Crippen LogP contribution in [0.15, 0.2) is 36.4 Å². The number of carbonyl (C=O) groups excluding carboxylic acids is 1. The molecular formula is C14H17N3O. The van der Waals surface area contributed by atoms with Crippen molar-refractivity contribution in [1.29, 1.82) is 0 Å². The van der Waals surface area contributed by atoms with Crippen LogP contribution >= 0.6 is 0 Å². The second-order valence-electron chi connectivity index (χ2n) is 4.45. The van der Waals surface area contributed by atoms with Crippen molar-refractivity contribution in [3.05, 3.63) is 42.1 Å². The first-order chi connectivity index (χ1) is 8.66. The van der Waals surface area contributed by atoms with E-state index in [2.05, 4.69) is 10.3 Å². The SMILES string of the molecule is CN(C)CCNC(=O)c1ccc2ccccc2n1. The molecule has 0 aliphatic rings. The molecule has 18 heavy (non-hydrogen) atoms. The van der Waals surface area contributed by atoms with Crippen molar-refractivity contribution in [3.63, 3.8) is 0 Å². The first-order valence-electron chi connectivity index (χ1n) is 5.95. The van der Waals surface area contributed by atoms with Crippen LogP contribution in [0.25, 0.3) is 10.9 Å². The summed E-state index contributed by atoms with van der Waals surface area (Å²) >= 11 is 0. The molecule has 1 N–H and O–H groups in total. The molecule has 94 valence electrons. The number of para-hydroxylation sites is 1. The number of aromatic nitrogens is 1. The Morgan fingerprint density at radius 1 is 1.22 bits per heavy atom. The Bertz CT molecular complexity index is 551. The number of pyridine rings is 1. The van der Waals surface area contributed by atoms with Gasteiger partial charge >= 0.3 is 0 Å². The van der Waals surface area contributed by atoms with E-state index in [1.165, 1.54) is 0 Å². The Hall–Kier alpha value is -1.94. The van der Waals surface area contributed by atoms with E-state index in [0.717, 1.165) is 17.4 Å². The van der Waals surface area contributed by atoms with Crippen molar-refractivity contribution in [2.45, 2.75) is 0 Å². The van der Waals surface area contributed by atoms with Crippen molar-refractivity contribution >= 4 is 16.8 Å². The van der Waals surface area contributed by atoms with Crippen LogP contribution in [0.1, 0.15) is 10.5 Å². The van der Waals surface area contributed by atoms with Crippen LogP contribution in [0.4, 0.5) is 0 Å². The summed E-state index contributed by atoms with van der Waals surface area (Å²) in [6.45, 7) is 1.44. The van der Waals surface area contributed by atoms with Crippen molar-refractivity contribution in [3.8, 4) is 0 Å². The van der Waals surface area contributed by atoms with Crippen molar-refractivity contribution in [1.82, 2.24) is 15.2 Å². The highest BCUT2D eigenvalue weighted by atomic mass is 16.1. The third kappa shape index (κ3) is 3.05. The van der Waals surface area contributed by atoms with E-state index in [1.807, 2.05) is 49.3 Å². The van der Waals surface area contributed by atoms with E-state index in [9.17, 15) is 4.79 Å². The molecule has 0 bridgehead atoms. The zero-order chi connectivity index (χ0) is 13.0. The summed E-state index contributed by atoms with van der Waals surface area (Å²) in [7, 11) is 3.95. The Morgan fingerprint density at radius 3 is 2.78 bits per heavy atom. The smallest absolute Gasteiger partial charge is 0.269 e. The number of rotatable bonds is 4. The quantitative estimate of drug-likeness (QED) is 0.885. The number of nitrogens with zero attached hydrogens (tertiary/aromatic N) is 2. The van der Waals surface area contributed by atoms with Gasteiger partial charge in [0.05, 0.1) is 5.52 Å². The molecule has 1 aromatic heterocycles. The van der Waals surface area contributed by atoms with Gasteiger partial charge in [-0.1, -0.05) is 24.3 Å². The van der Waals surface area contributed by atoms with Crippen LogP contribution in [0.2, 0.25) is 0 Å². The highest BCUT2D eigenvalue weighted by molar-refractivity contribution is 5.94. The highest BCUT2D eigenvalue weighted by Crippen LogP contribution is 2.11. The maximum Gasteiger partial charge on any atom is 0.269 e. The van der Waals surface area contributed by atoms with Gasteiger partial charge in [-0.3, -0.25) is 4.79 Å². The van der Waals surface area contributed by atoms with Gasteiger partial charge in [0.15, 0.2) is 0 Å². The molecule has 4 nitrogen and oxygen atoms in total. The minimum atomic E-state index is -0.123. The average Bonchev–Trinajstić information content (AvgIpc) is 2.37. The lowest BCUT2D eigenvalue weighted by atomic mass is 10.2. The third-order valence-electron chi connectivity index (χ3n) is 2.68. The van der Waals surface area contributed by atoms with Gasteiger partial charge in [0.25, 0.3) is 5.91 Å². The number of hydrogen-bond donors (Lipinski definition) is 1. The fourth-order valence-corrected chi connectivity index (χ4v) is 1.68. The van der Waals surface area contributed by atoms with Gasteiger partial charge in [0, 0.05) is 18.5 Å². The molecule has 0 spiro atoms. The molecule has 0 atom stereocenters. The molecule has 0 saturated carbocycles. The van der Waals surface area contributed by atoms with Crippen molar-refractivity contribution in [2.75, 3.05) is 27.2 Å². The molecular weight excluding hydrogens is 226 g/mol. The predicted octanol–water partition coefficient (Wildman–Crippen LogP) is 1.53. The topological polar surface area (TPSA) is 45.2 Å². The Kier molecular flexibility index (Phi) is 3.89. The van der Waals surface area contributed by atoms with Gasteiger partial charge in [-0.05, 0) is 26.2 Å². The minimum Gasteiger partial charge on any atom is -0.349 e. The fourth-order valence-electron chi connectivity index (χ4n) is 1.68. The lowest BCUT2D eigenvalue weighted by molar-refractivity contribution is 0.0946. The van der Waals surface area contributed by atoms with E-state index in [1.54, 1.807) is 6.07 Å². The first kappa shape index (κ1) is 12.5. The molecule has 0 radical (unpaired) electrons. The van der Waals surface area contributed by atoms with E-state index in [0.29, 0.717) is 12.2 Å². The molecule has 1 amide bonds. The lowest BCUT2D eigenvalue weighted by Crippen LogP contribution is -2.31. The zero-order valence-corrected chi connectivity index (χ0v) is 10.7. The van der Waals surface area contributed by atoms with Gasteiger partial charge in [-0.25, -0.2) is 4.98 Å². The standard InChI is InChI=1S/C14H17N3O/c1-17(2)10-9-15-14(18)13-8-7-11-5-3-4-6-12(11)16-13/h3-8H,9-10H2,1-2H3,(H,15,18). The summed E-state index contributed by atoms with van der Waals surface area (Å²) in [5.41, 5.74) is 1.31. The number of likely N-dealkylation sites (N-methyl/N-ethyl adjacent to an activating group) is 1. The van der Waals surface area contributed by atoms with Crippen LogP contribution in [-0.4, -0.2) is 43.0 Å². The Balaban J connectivity index is 2.08. The Labute approximate surface area is 107 Å². The molecule has 1 heterocycles. The third-order valence-corrected chi connectivity index (χ3v) is 2.68. The Morgan fingerprint density at radius 2 is 2.00 bits per heavy atom. The number of nitrogens with one attached hydrogen (secondary N) is 1. The summed E-state index contributed by atoms with van der Waals surface area (Å²) < 4.78 is 0. The molecule has 0 saturated heterocycles. The molecule has 0 fully saturated rings. The molecule has 0 unspecified atom stereocenters. The summed E-state index contributed by atoms with van der Waals surface area (Å²) in [5.74, 6) is -0.123. The van der Waals surface area contributed by atoms with E-state index < -0.39 is 0 Å². The summed E-state index contributed by atoms with van der Waals surface area (Å²) in [5, 5.41) is 3.90. The van der Waals surface area contributed by atoms with Gasteiger partial charge in [-0.2, -0.15) is 0 Å². The number of benzene rings is 1. The second-order valence-corrected chi connectivity index (χ2v) is 4.45. The predicted molar refractivity (Wildman–Crippen MR) is 72.6 cm³/mol. The van der Waals surface area contributed by atoms with Crippen LogP contribution in [0, 0.1) is 0 Å². The fraction of sp³-hybridized carbons (Fsp3) is 0.286. The highest BCUT2D eigenvalue weighted by Gasteiger charge is 2.07. The molecule has 0 aliphatic heterocycles. The maximum atomic E-state index is 11.9. The largest absolute Gasteiger partial charge is 0.349 e. The van der Waals surface area contributed by atoms with E-state index in [-0.39, 0.29) is 5.91 Å². The van der Waals surface area contributed by atoms with E-state index in [4.69, 9.17) is 0 Å². The number of carbonyl (C=O) groups is 1. The maximum absolute atomic E-state index is 11.9. The van der Waals surface area contributed by atoms with Gasteiger partial charge in [0.1, 0.15) is 5.69 Å². The van der Waals surface area contributed by atoms with E-state index >= 15 is 0 Å². The van der Waals surface area contributed by atoms with Crippen LogP contribution in [-0.2, 0) is 0 Å². The lowest BCUT2D eigenvalue weighted by Gasteiger charge is -2.10. The minimum absolute atomic E-state index is 0.123. The summed E-state index contributed by atoms with van der Waals surface area (Å²) in [6, 6.07) is 11.4. The summed E-state index contributed by atoms with van der Waals surface area (Å²) in [4.78, 5) is 18.2. The van der Waals surface area contributed by atoms with Crippen LogP contribution in [0.5, 0.6) is 0 Å². The number of hydrogen-bond acceptors (Lipinski definition) is 3. The average molecular weight is 243 g/mol.